The molecule has 0 aliphatic rings. The minimum Gasteiger partial charge on any atom is -0.361 e. The molecule has 0 saturated heterocycles. The van der Waals surface area contributed by atoms with Crippen LogP contribution in [-0.2, 0) is 6.42 Å². The SMILES string of the molecule is Cc1cccc2sc(NCCc3ccsc3)nc12. The first-order valence-electron chi connectivity index (χ1n) is 5.94. The summed E-state index contributed by atoms with van der Waals surface area (Å²) in [5, 5.41) is 8.75. The molecule has 0 atom stereocenters. The Bertz CT molecular complexity index is 641. The molecule has 2 heterocycles. The van der Waals surface area contributed by atoms with E-state index in [0.717, 1.165) is 23.6 Å². The van der Waals surface area contributed by atoms with Crippen LogP contribution in [-0.4, -0.2) is 11.5 Å². The van der Waals surface area contributed by atoms with Gasteiger partial charge < -0.3 is 5.32 Å². The van der Waals surface area contributed by atoms with E-state index in [0.29, 0.717) is 0 Å². The summed E-state index contributed by atoms with van der Waals surface area (Å²) in [7, 11) is 0. The van der Waals surface area contributed by atoms with Gasteiger partial charge >= 0.3 is 0 Å². The van der Waals surface area contributed by atoms with Crippen LogP contribution in [0.3, 0.4) is 0 Å². The van der Waals surface area contributed by atoms with E-state index < -0.39 is 0 Å². The number of fused-ring (bicyclic) bond motifs is 1. The highest BCUT2D eigenvalue weighted by atomic mass is 32.1. The van der Waals surface area contributed by atoms with Crippen LogP contribution in [0, 0.1) is 6.92 Å². The van der Waals surface area contributed by atoms with Crippen LogP contribution < -0.4 is 5.32 Å². The molecule has 0 aliphatic carbocycles. The molecule has 1 aromatic carbocycles. The van der Waals surface area contributed by atoms with E-state index in [9.17, 15) is 0 Å². The first-order valence-corrected chi connectivity index (χ1v) is 7.70. The van der Waals surface area contributed by atoms with Crippen LogP contribution in [0.2, 0.25) is 0 Å². The zero-order valence-electron chi connectivity index (χ0n) is 10.1. The van der Waals surface area contributed by atoms with E-state index in [4.69, 9.17) is 0 Å². The second kappa shape index (κ2) is 5.08. The molecule has 0 saturated carbocycles. The fraction of sp³-hybridized carbons (Fsp3) is 0.214. The minimum atomic E-state index is 0.940. The standard InChI is InChI=1S/C14H14N2S2/c1-10-3-2-4-12-13(10)16-14(18-12)15-7-5-11-6-8-17-9-11/h2-4,6,8-9H,5,7H2,1H3,(H,15,16). The Labute approximate surface area is 114 Å². The van der Waals surface area contributed by atoms with Crippen molar-refractivity contribution in [3.05, 3.63) is 46.2 Å². The first-order chi connectivity index (χ1) is 8.83. The summed E-state index contributed by atoms with van der Waals surface area (Å²) in [5.41, 5.74) is 3.76. The number of thiophene rings is 1. The van der Waals surface area contributed by atoms with Gasteiger partial charge in [-0.05, 0) is 47.4 Å². The summed E-state index contributed by atoms with van der Waals surface area (Å²) in [5.74, 6) is 0. The third-order valence-electron chi connectivity index (χ3n) is 2.89. The maximum Gasteiger partial charge on any atom is 0.183 e. The number of aromatic nitrogens is 1. The number of hydrogen-bond acceptors (Lipinski definition) is 4. The van der Waals surface area contributed by atoms with Crippen molar-refractivity contribution in [1.82, 2.24) is 4.98 Å². The molecule has 18 heavy (non-hydrogen) atoms. The average molecular weight is 274 g/mol. The Kier molecular flexibility index (Phi) is 3.30. The highest BCUT2D eigenvalue weighted by molar-refractivity contribution is 7.22. The maximum atomic E-state index is 4.64. The van der Waals surface area contributed by atoms with E-state index in [1.54, 1.807) is 22.7 Å². The molecule has 3 aromatic rings. The number of anilines is 1. The van der Waals surface area contributed by atoms with Gasteiger partial charge in [-0.15, -0.1) is 0 Å². The molecule has 92 valence electrons. The summed E-state index contributed by atoms with van der Waals surface area (Å²) >= 11 is 3.48. The molecule has 0 aliphatic heterocycles. The van der Waals surface area contributed by atoms with Gasteiger partial charge in [-0.25, -0.2) is 4.98 Å². The lowest BCUT2D eigenvalue weighted by Crippen LogP contribution is -2.03. The van der Waals surface area contributed by atoms with Crippen LogP contribution in [0.15, 0.2) is 35.0 Å². The van der Waals surface area contributed by atoms with E-state index in [-0.39, 0.29) is 0 Å². The van der Waals surface area contributed by atoms with Crippen molar-refractivity contribution in [3.63, 3.8) is 0 Å². The largest absolute Gasteiger partial charge is 0.361 e. The van der Waals surface area contributed by atoms with Crippen LogP contribution >= 0.6 is 22.7 Å². The van der Waals surface area contributed by atoms with Gasteiger partial charge in [0.15, 0.2) is 5.13 Å². The molecule has 0 spiro atoms. The molecule has 0 unspecified atom stereocenters. The van der Waals surface area contributed by atoms with Crippen molar-refractivity contribution in [3.8, 4) is 0 Å². The monoisotopic (exact) mass is 274 g/mol. The molecule has 2 aromatic heterocycles. The summed E-state index contributed by atoms with van der Waals surface area (Å²) in [6.07, 6.45) is 1.05. The Morgan fingerprint density at radius 3 is 3.00 bits per heavy atom. The van der Waals surface area contributed by atoms with E-state index in [1.807, 2.05) is 0 Å². The van der Waals surface area contributed by atoms with Crippen molar-refractivity contribution in [1.29, 1.82) is 0 Å². The van der Waals surface area contributed by atoms with Crippen molar-refractivity contribution in [2.45, 2.75) is 13.3 Å². The number of nitrogens with zero attached hydrogens (tertiary/aromatic N) is 1. The molecule has 0 fully saturated rings. The summed E-state index contributed by atoms with van der Waals surface area (Å²) < 4.78 is 1.26. The summed E-state index contributed by atoms with van der Waals surface area (Å²) in [4.78, 5) is 4.64. The Morgan fingerprint density at radius 1 is 1.28 bits per heavy atom. The first kappa shape index (κ1) is 11.7. The van der Waals surface area contributed by atoms with E-state index in [2.05, 4.69) is 52.3 Å². The second-order valence-corrected chi connectivity index (χ2v) is 6.06. The second-order valence-electron chi connectivity index (χ2n) is 4.25. The van der Waals surface area contributed by atoms with Gasteiger partial charge in [-0.3, -0.25) is 0 Å². The summed E-state index contributed by atoms with van der Waals surface area (Å²) in [6.45, 7) is 3.05. The number of aryl methyl sites for hydroxylation is 1. The molecular formula is C14H14N2S2. The van der Waals surface area contributed by atoms with Gasteiger partial charge in [0.1, 0.15) is 0 Å². The predicted molar refractivity (Wildman–Crippen MR) is 80.9 cm³/mol. The predicted octanol–water partition coefficient (Wildman–Crippen LogP) is 4.32. The van der Waals surface area contributed by atoms with Crippen molar-refractivity contribution < 1.29 is 0 Å². The number of rotatable bonds is 4. The topological polar surface area (TPSA) is 24.9 Å². The van der Waals surface area contributed by atoms with Crippen molar-refractivity contribution >= 4 is 38.0 Å². The molecule has 3 rings (SSSR count). The smallest absolute Gasteiger partial charge is 0.183 e. The van der Waals surface area contributed by atoms with Gasteiger partial charge in [0, 0.05) is 6.54 Å². The number of thiazole rings is 1. The van der Waals surface area contributed by atoms with Crippen molar-refractivity contribution in [2.24, 2.45) is 0 Å². The van der Waals surface area contributed by atoms with Crippen LogP contribution in [0.4, 0.5) is 5.13 Å². The molecule has 4 heteroatoms. The number of para-hydroxylation sites is 1. The highest BCUT2D eigenvalue weighted by Gasteiger charge is 2.04. The fourth-order valence-corrected chi connectivity index (χ4v) is 3.58. The molecule has 1 N–H and O–H groups in total. The fourth-order valence-electron chi connectivity index (χ4n) is 1.91. The lowest BCUT2D eigenvalue weighted by molar-refractivity contribution is 1.02. The summed E-state index contributed by atoms with van der Waals surface area (Å²) in [6, 6.07) is 8.50. The normalized spacial score (nSPS) is 10.9. The van der Waals surface area contributed by atoms with Gasteiger partial charge in [-0.1, -0.05) is 23.5 Å². The van der Waals surface area contributed by atoms with Crippen LogP contribution in [0.25, 0.3) is 10.2 Å². The third-order valence-corrected chi connectivity index (χ3v) is 4.60. The number of benzene rings is 1. The van der Waals surface area contributed by atoms with E-state index >= 15 is 0 Å². The van der Waals surface area contributed by atoms with Crippen LogP contribution in [0.5, 0.6) is 0 Å². The Hall–Kier alpha value is -1.39. The zero-order chi connectivity index (χ0) is 12.4. The Balaban J connectivity index is 1.69. The van der Waals surface area contributed by atoms with E-state index in [1.165, 1.54) is 15.8 Å². The Morgan fingerprint density at radius 2 is 2.22 bits per heavy atom. The lowest BCUT2D eigenvalue weighted by Gasteiger charge is -1.99. The lowest BCUT2D eigenvalue weighted by atomic mass is 10.2. The van der Waals surface area contributed by atoms with Crippen LogP contribution in [0.1, 0.15) is 11.1 Å². The quantitative estimate of drug-likeness (QED) is 0.766. The molecule has 0 bridgehead atoms. The minimum absolute atomic E-state index is 0.940. The molecule has 0 amide bonds. The number of hydrogen-bond donors (Lipinski definition) is 1. The maximum absolute atomic E-state index is 4.64. The van der Waals surface area contributed by atoms with Gasteiger partial charge in [-0.2, -0.15) is 11.3 Å². The van der Waals surface area contributed by atoms with Gasteiger partial charge in [0.25, 0.3) is 0 Å². The van der Waals surface area contributed by atoms with Crippen molar-refractivity contribution in [2.75, 3.05) is 11.9 Å². The average Bonchev–Trinajstić information content (AvgIpc) is 2.98. The molecule has 0 radical (unpaired) electrons. The third kappa shape index (κ3) is 2.40. The molecule has 2 nitrogen and oxygen atoms in total. The molecular weight excluding hydrogens is 260 g/mol. The number of nitrogens with one attached hydrogen (secondary N) is 1. The van der Waals surface area contributed by atoms with Gasteiger partial charge in [0.05, 0.1) is 10.2 Å². The van der Waals surface area contributed by atoms with Gasteiger partial charge in [0.2, 0.25) is 0 Å². The zero-order valence-corrected chi connectivity index (χ0v) is 11.8. The highest BCUT2D eigenvalue weighted by Crippen LogP contribution is 2.27.